The van der Waals surface area contributed by atoms with Crippen LogP contribution < -0.4 is 10.1 Å². The van der Waals surface area contributed by atoms with Crippen LogP contribution in [0.5, 0.6) is 5.75 Å². The molecule has 22 heavy (non-hydrogen) atoms. The third-order valence-electron chi connectivity index (χ3n) is 3.25. The Morgan fingerprint density at radius 3 is 2.05 bits per heavy atom. The first-order valence-electron chi connectivity index (χ1n) is 7.90. The molecule has 0 spiro atoms. The SMILES string of the molecule is CCCOc1c(Cl)cc(CNC(C)(C)CC(C)(C)C)cc1Cl. The number of ether oxygens (including phenoxy) is 1. The Morgan fingerprint density at radius 1 is 1.05 bits per heavy atom. The van der Waals surface area contributed by atoms with Crippen molar-refractivity contribution in [1.82, 2.24) is 5.32 Å². The third-order valence-corrected chi connectivity index (χ3v) is 3.81. The molecule has 0 saturated carbocycles. The zero-order chi connectivity index (χ0) is 17.0. The molecule has 0 fully saturated rings. The minimum Gasteiger partial charge on any atom is -0.490 e. The number of halogens is 2. The summed E-state index contributed by atoms with van der Waals surface area (Å²) in [6.45, 7) is 14.6. The number of hydrogen-bond donors (Lipinski definition) is 1. The lowest BCUT2D eigenvalue weighted by atomic mass is 9.82. The second-order valence-electron chi connectivity index (χ2n) is 7.71. The molecule has 0 saturated heterocycles. The van der Waals surface area contributed by atoms with E-state index in [0.717, 1.165) is 24.9 Å². The van der Waals surface area contributed by atoms with Crippen LogP contribution in [-0.4, -0.2) is 12.1 Å². The number of rotatable bonds is 7. The molecule has 0 amide bonds. The van der Waals surface area contributed by atoms with Crippen molar-refractivity contribution in [3.05, 3.63) is 27.7 Å². The monoisotopic (exact) mass is 345 g/mol. The van der Waals surface area contributed by atoms with Gasteiger partial charge in [0.25, 0.3) is 0 Å². The highest BCUT2D eigenvalue weighted by molar-refractivity contribution is 6.37. The third kappa shape index (κ3) is 6.76. The van der Waals surface area contributed by atoms with E-state index in [1.54, 1.807) is 0 Å². The summed E-state index contributed by atoms with van der Waals surface area (Å²) in [6.07, 6.45) is 2.01. The first-order chi connectivity index (χ1) is 10.0. The zero-order valence-electron chi connectivity index (χ0n) is 14.6. The summed E-state index contributed by atoms with van der Waals surface area (Å²) in [5.74, 6) is 0.586. The van der Waals surface area contributed by atoms with E-state index in [1.807, 2.05) is 12.1 Å². The molecule has 0 atom stereocenters. The van der Waals surface area contributed by atoms with E-state index in [-0.39, 0.29) is 11.0 Å². The number of nitrogens with one attached hydrogen (secondary N) is 1. The van der Waals surface area contributed by atoms with Crippen molar-refractivity contribution in [1.29, 1.82) is 0 Å². The summed E-state index contributed by atoms with van der Waals surface area (Å²) in [4.78, 5) is 0. The van der Waals surface area contributed by atoms with Gasteiger partial charge in [0, 0.05) is 12.1 Å². The van der Waals surface area contributed by atoms with Crippen LogP contribution in [0.2, 0.25) is 10.0 Å². The maximum absolute atomic E-state index is 6.29. The second kappa shape index (κ2) is 7.90. The van der Waals surface area contributed by atoms with E-state index in [1.165, 1.54) is 0 Å². The van der Waals surface area contributed by atoms with Crippen LogP contribution in [-0.2, 0) is 6.54 Å². The zero-order valence-corrected chi connectivity index (χ0v) is 16.2. The van der Waals surface area contributed by atoms with Crippen molar-refractivity contribution in [3.8, 4) is 5.75 Å². The van der Waals surface area contributed by atoms with E-state index in [9.17, 15) is 0 Å². The maximum Gasteiger partial charge on any atom is 0.156 e. The van der Waals surface area contributed by atoms with Gasteiger partial charge in [-0.2, -0.15) is 0 Å². The minimum atomic E-state index is 0.0502. The Kier molecular flexibility index (Phi) is 7.04. The average Bonchev–Trinajstić information content (AvgIpc) is 2.33. The van der Waals surface area contributed by atoms with Gasteiger partial charge in [-0.1, -0.05) is 50.9 Å². The lowest BCUT2D eigenvalue weighted by Crippen LogP contribution is -2.41. The van der Waals surface area contributed by atoms with E-state index in [4.69, 9.17) is 27.9 Å². The first-order valence-corrected chi connectivity index (χ1v) is 8.65. The van der Waals surface area contributed by atoms with Crippen LogP contribution in [0.1, 0.15) is 59.9 Å². The standard InChI is InChI=1S/C18H29Cl2NO/c1-7-8-22-16-14(19)9-13(10-15(16)20)11-21-18(5,6)12-17(2,3)4/h9-10,21H,7-8,11-12H2,1-6H3. The van der Waals surface area contributed by atoms with Gasteiger partial charge in [-0.3, -0.25) is 0 Å². The largest absolute Gasteiger partial charge is 0.490 e. The van der Waals surface area contributed by atoms with Gasteiger partial charge in [0.15, 0.2) is 5.75 Å². The van der Waals surface area contributed by atoms with Crippen molar-refractivity contribution < 1.29 is 4.74 Å². The smallest absolute Gasteiger partial charge is 0.156 e. The molecule has 1 aromatic carbocycles. The summed E-state index contributed by atoms with van der Waals surface area (Å²) < 4.78 is 5.60. The summed E-state index contributed by atoms with van der Waals surface area (Å²) in [7, 11) is 0. The normalized spacial score (nSPS) is 12.5. The summed E-state index contributed by atoms with van der Waals surface area (Å²) >= 11 is 12.6. The fourth-order valence-corrected chi connectivity index (χ4v) is 3.43. The lowest BCUT2D eigenvalue weighted by molar-refractivity contribution is 0.240. The molecule has 0 aliphatic rings. The second-order valence-corrected chi connectivity index (χ2v) is 8.53. The Bertz CT molecular complexity index is 469. The van der Waals surface area contributed by atoms with Crippen LogP contribution in [0.4, 0.5) is 0 Å². The minimum absolute atomic E-state index is 0.0502. The van der Waals surface area contributed by atoms with E-state index in [0.29, 0.717) is 22.4 Å². The Morgan fingerprint density at radius 2 is 1.59 bits per heavy atom. The van der Waals surface area contributed by atoms with Gasteiger partial charge >= 0.3 is 0 Å². The van der Waals surface area contributed by atoms with Gasteiger partial charge < -0.3 is 10.1 Å². The Labute approximate surface area is 145 Å². The molecule has 1 rings (SSSR count). The van der Waals surface area contributed by atoms with Crippen molar-refractivity contribution in [2.75, 3.05) is 6.61 Å². The predicted molar refractivity (Wildman–Crippen MR) is 97.2 cm³/mol. The topological polar surface area (TPSA) is 21.3 Å². The fourth-order valence-electron chi connectivity index (χ4n) is 2.79. The highest BCUT2D eigenvalue weighted by Crippen LogP contribution is 2.34. The molecule has 1 N–H and O–H groups in total. The van der Waals surface area contributed by atoms with Crippen molar-refractivity contribution >= 4 is 23.2 Å². The highest BCUT2D eigenvalue weighted by Gasteiger charge is 2.24. The number of hydrogen-bond acceptors (Lipinski definition) is 2. The van der Waals surface area contributed by atoms with Crippen molar-refractivity contribution in [2.24, 2.45) is 5.41 Å². The van der Waals surface area contributed by atoms with Gasteiger partial charge in [-0.05, 0) is 49.8 Å². The van der Waals surface area contributed by atoms with Gasteiger partial charge in [0.2, 0.25) is 0 Å². The van der Waals surface area contributed by atoms with Crippen molar-refractivity contribution in [2.45, 2.75) is 66.5 Å². The van der Waals surface area contributed by atoms with Crippen molar-refractivity contribution in [3.63, 3.8) is 0 Å². The van der Waals surface area contributed by atoms with Gasteiger partial charge in [-0.25, -0.2) is 0 Å². The van der Waals surface area contributed by atoms with Crippen LogP contribution in [0, 0.1) is 5.41 Å². The molecule has 0 heterocycles. The van der Waals surface area contributed by atoms with E-state index >= 15 is 0 Å². The molecular formula is C18H29Cl2NO. The quantitative estimate of drug-likeness (QED) is 0.645. The molecule has 0 radical (unpaired) electrons. The van der Waals surface area contributed by atoms with Crippen LogP contribution in [0.3, 0.4) is 0 Å². The van der Waals surface area contributed by atoms with Gasteiger partial charge in [-0.15, -0.1) is 0 Å². The molecule has 4 heteroatoms. The van der Waals surface area contributed by atoms with Crippen LogP contribution >= 0.6 is 23.2 Å². The Balaban J connectivity index is 2.75. The summed E-state index contributed by atoms with van der Waals surface area (Å²) in [6, 6.07) is 3.86. The molecule has 0 bridgehead atoms. The maximum atomic E-state index is 6.29. The molecule has 0 aliphatic carbocycles. The van der Waals surface area contributed by atoms with Gasteiger partial charge in [0.1, 0.15) is 0 Å². The lowest BCUT2D eigenvalue weighted by Gasteiger charge is -2.33. The van der Waals surface area contributed by atoms with Crippen LogP contribution in [0.15, 0.2) is 12.1 Å². The Hall–Kier alpha value is -0.440. The molecule has 0 aliphatic heterocycles. The first kappa shape index (κ1) is 19.6. The van der Waals surface area contributed by atoms with Gasteiger partial charge in [0.05, 0.1) is 16.7 Å². The van der Waals surface area contributed by atoms with E-state index in [2.05, 4.69) is 46.9 Å². The molecule has 0 aromatic heterocycles. The molecule has 1 aromatic rings. The van der Waals surface area contributed by atoms with Crippen LogP contribution in [0.25, 0.3) is 0 Å². The summed E-state index contributed by atoms with van der Waals surface area (Å²) in [5.41, 5.74) is 1.40. The molecule has 126 valence electrons. The predicted octanol–water partition coefficient (Wildman–Crippen LogP) is 6.09. The van der Waals surface area contributed by atoms with E-state index < -0.39 is 0 Å². The highest BCUT2D eigenvalue weighted by atomic mass is 35.5. The summed E-state index contributed by atoms with van der Waals surface area (Å²) in [5, 5.41) is 4.74. The number of benzene rings is 1. The molecular weight excluding hydrogens is 317 g/mol. The molecule has 0 unspecified atom stereocenters. The molecule has 2 nitrogen and oxygen atoms in total. The fraction of sp³-hybridized carbons (Fsp3) is 0.667. The average molecular weight is 346 g/mol.